The molecule has 0 radical (unpaired) electrons. The first-order valence-corrected chi connectivity index (χ1v) is 15.0. The van der Waals surface area contributed by atoms with Gasteiger partial charge in [0, 0.05) is 42.2 Å². The molecule has 6 rings (SSSR count). The number of benzene rings is 5. The van der Waals surface area contributed by atoms with Crippen LogP contribution in [0, 0.1) is 6.92 Å². The Balaban J connectivity index is 1.60. The van der Waals surface area contributed by atoms with Crippen molar-refractivity contribution in [2.75, 3.05) is 4.90 Å². The molecule has 0 fully saturated rings. The molecule has 1 aliphatic rings. The number of halogens is 7. The third kappa shape index (κ3) is 5.26. The maximum Gasteiger partial charge on any atom is 0.151 e. The molecule has 9 heteroatoms. The molecule has 0 spiro atoms. The van der Waals surface area contributed by atoms with Crippen LogP contribution in [0.1, 0.15) is 28.2 Å². The summed E-state index contributed by atoms with van der Waals surface area (Å²) in [6.07, 6.45) is 0. The fourth-order valence-corrected chi connectivity index (χ4v) is 7.73. The highest BCUT2D eigenvalue weighted by molar-refractivity contribution is 6.41. The van der Waals surface area contributed by atoms with Gasteiger partial charge in [-0.1, -0.05) is 105 Å². The van der Waals surface area contributed by atoms with Gasteiger partial charge in [-0.25, -0.2) is 0 Å². The number of aryl methyl sites for hydroxylation is 1. The lowest BCUT2D eigenvalue weighted by Gasteiger charge is -2.34. The molecular formula is C32H18Cl7NO. The number of ether oxygens (including phenoxy) is 1. The third-order valence-electron chi connectivity index (χ3n) is 6.87. The molecule has 41 heavy (non-hydrogen) atoms. The standard InChI is InChI=1S/C32H18Cl7NO/c1-16-10-19(34)30(20(35)11-16)29(31-21(36)14-18(33)15-22(31)37)17-12-23(38)32(24(39)13-17)40-25-6-2-4-8-27(25)41-28-9-5-3-7-26(28)40/h2-15,29H,1H3. The molecule has 0 bridgehead atoms. The van der Waals surface area contributed by atoms with Crippen LogP contribution in [-0.4, -0.2) is 0 Å². The van der Waals surface area contributed by atoms with Crippen molar-refractivity contribution < 1.29 is 4.74 Å². The van der Waals surface area contributed by atoms with Crippen LogP contribution in [0.5, 0.6) is 11.5 Å². The molecule has 5 aromatic carbocycles. The van der Waals surface area contributed by atoms with Crippen LogP contribution >= 0.6 is 81.2 Å². The van der Waals surface area contributed by atoms with E-state index in [0.717, 1.165) is 16.9 Å². The van der Waals surface area contributed by atoms with Gasteiger partial charge >= 0.3 is 0 Å². The smallest absolute Gasteiger partial charge is 0.151 e. The molecule has 0 saturated heterocycles. The van der Waals surface area contributed by atoms with Crippen molar-refractivity contribution in [1.82, 2.24) is 0 Å². The van der Waals surface area contributed by atoms with Crippen LogP contribution in [-0.2, 0) is 0 Å². The fraction of sp³-hybridized carbons (Fsp3) is 0.0625. The van der Waals surface area contributed by atoms with Crippen LogP contribution in [0.2, 0.25) is 35.2 Å². The summed E-state index contributed by atoms with van der Waals surface area (Å²) in [5.41, 5.74) is 4.98. The minimum absolute atomic E-state index is 0.354. The van der Waals surface area contributed by atoms with E-state index in [1.54, 1.807) is 12.1 Å². The first-order chi connectivity index (χ1) is 19.6. The van der Waals surface area contributed by atoms with E-state index in [1.165, 1.54) is 0 Å². The van der Waals surface area contributed by atoms with Crippen molar-refractivity contribution in [3.8, 4) is 11.5 Å². The minimum atomic E-state index is -0.610. The minimum Gasteiger partial charge on any atom is -0.453 e. The number of anilines is 3. The van der Waals surface area contributed by atoms with E-state index in [-0.39, 0.29) is 0 Å². The zero-order valence-corrected chi connectivity index (χ0v) is 26.5. The average molecular weight is 681 g/mol. The van der Waals surface area contributed by atoms with Gasteiger partial charge in [-0.15, -0.1) is 0 Å². The van der Waals surface area contributed by atoms with E-state index < -0.39 is 5.92 Å². The van der Waals surface area contributed by atoms with Crippen LogP contribution < -0.4 is 9.64 Å². The SMILES string of the molecule is Cc1cc(Cl)c(C(c2cc(Cl)c(N3c4ccccc4Oc4ccccc43)c(Cl)c2)c2c(Cl)cc(Cl)cc2Cl)c(Cl)c1. The molecule has 0 amide bonds. The Morgan fingerprint density at radius 2 is 1.00 bits per heavy atom. The van der Waals surface area contributed by atoms with Crippen molar-refractivity contribution in [2.24, 2.45) is 0 Å². The molecular weight excluding hydrogens is 663 g/mol. The average Bonchev–Trinajstić information content (AvgIpc) is 2.90. The monoisotopic (exact) mass is 677 g/mol. The molecule has 1 heterocycles. The summed E-state index contributed by atoms with van der Waals surface area (Å²) in [4.78, 5) is 1.99. The summed E-state index contributed by atoms with van der Waals surface area (Å²) in [5, 5.41) is 2.80. The number of rotatable bonds is 4. The van der Waals surface area contributed by atoms with E-state index in [9.17, 15) is 0 Å². The van der Waals surface area contributed by atoms with Gasteiger partial charge in [0.1, 0.15) is 0 Å². The highest BCUT2D eigenvalue weighted by atomic mass is 35.5. The highest BCUT2D eigenvalue weighted by Gasteiger charge is 2.32. The molecule has 0 N–H and O–H groups in total. The Kier molecular flexibility index (Phi) is 8.04. The molecule has 0 aliphatic carbocycles. The van der Waals surface area contributed by atoms with Crippen molar-refractivity contribution in [3.05, 3.63) is 142 Å². The number of hydrogen-bond acceptors (Lipinski definition) is 2. The van der Waals surface area contributed by atoms with Crippen molar-refractivity contribution >= 4 is 98.3 Å². The Labute approximate surface area is 272 Å². The lowest BCUT2D eigenvalue weighted by Crippen LogP contribution is -2.17. The van der Waals surface area contributed by atoms with Gasteiger partial charge in [-0.2, -0.15) is 0 Å². The van der Waals surface area contributed by atoms with E-state index >= 15 is 0 Å². The summed E-state index contributed by atoms with van der Waals surface area (Å²) >= 11 is 47.7. The molecule has 5 aromatic rings. The highest BCUT2D eigenvalue weighted by Crippen LogP contribution is 2.55. The number of para-hydroxylation sites is 4. The maximum absolute atomic E-state index is 7.11. The van der Waals surface area contributed by atoms with Crippen LogP contribution in [0.25, 0.3) is 0 Å². The first kappa shape index (κ1) is 28.8. The lowest BCUT2D eigenvalue weighted by molar-refractivity contribution is 0.477. The fourth-order valence-electron chi connectivity index (χ4n) is 5.20. The van der Waals surface area contributed by atoms with Gasteiger partial charge in [0.15, 0.2) is 11.5 Å². The van der Waals surface area contributed by atoms with E-state index in [2.05, 4.69) is 0 Å². The van der Waals surface area contributed by atoms with Crippen molar-refractivity contribution in [3.63, 3.8) is 0 Å². The van der Waals surface area contributed by atoms with Gasteiger partial charge in [0.25, 0.3) is 0 Å². The summed E-state index contributed by atoms with van der Waals surface area (Å²) in [6.45, 7) is 1.92. The van der Waals surface area contributed by atoms with Gasteiger partial charge in [0.2, 0.25) is 0 Å². The van der Waals surface area contributed by atoms with Gasteiger partial charge in [-0.05, 0) is 78.7 Å². The Morgan fingerprint density at radius 3 is 1.49 bits per heavy atom. The quantitative estimate of drug-likeness (QED) is 0.172. The number of fused-ring (bicyclic) bond motifs is 2. The largest absolute Gasteiger partial charge is 0.453 e. The second-order valence-corrected chi connectivity index (χ2v) is 12.4. The predicted molar refractivity (Wildman–Crippen MR) is 175 cm³/mol. The third-order valence-corrected chi connectivity index (χ3v) is 8.92. The second kappa shape index (κ2) is 11.4. The zero-order chi connectivity index (χ0) is 29.0. The van der Waals surface area contributed by atoms with Gasteiger partial charge in [-0.3, -0.25) is 0 Å². The normalized spacial score (nSPS) is 12.9. The molecule has 1 unspecified atom stereocenters. The first-order valence-electron chi connectivity index (χ1n) is 12.4. The van der Waals surface area contributed by atoms with Crippen molar-refractivity contribution in [2.45, 2.75) is 12.8 Å². The number of nitrogens with zero attached hydrogens (tertiary/aromatic N) is 1. The molecule has 206 valence electrons. The van der Waals surface area contributed by atoms with Crippen LogP contribution in [0.15, 0.2) is 84.9 Å². The van der Waals surface area contributed by atoms with Gasteiger partial charge in [0.05, 0.1) is 27.1 Å². The Bertz CT molecular complexity index is 1670. The Morgan fingerprint density at radius 1 is 0.561 bits per heavy atom. The zero-order valence-electron chi connectivity index (χ0n) is 21.2. The molecule has 0 saturated carbocycles. The maximum atomic E-state index is 7.11. The van der Waals surface area contributed by atoms with Crippen LogP contribution in [0.4, 0.5) is 17.1 Å². The van der Waals surface area contributed by atoms with E-state index in [1.807, 2.05) is 84.6 Å². The van der Waals surface area contributed by atoms with Crippen LogP contribution in [0.3, 0.4) is 0 Å². The predicted octanol–water partition coefficient (Wildman–Crippen LogP) is 13.3. The number of hydrogen-bond donors (Lipinski definition) is 0. The molecule has 2 nitrogen and oxygen atoms in total. The second-order valence-electron chi connectivity index (χ2n) is 9.56. The molecule has 1 atom stereocenters. The molecule has 1 aliphatic heterocycles. The summed E-state index contributed by atoms with van der Waals surface area (Å²) in [5.74, 6) is 0.748. The van der Waals surface area contributed by atoms with Crippen molar-refractivity contribution in [1.29, 1.82) is 0 Å². The summed E-state index contributed by atoms with van der Waals surface area (Å²) in [7, 11) is 0. The molecule has 0 aromatic heterocycles. The van der Waals surface area contributed by atoms with Gasteiger partial charge < -0.3 is 9.64 Å². The summed E-state index contributed by atoms with van der Waals surface area (Å²) in [6, 6.07) is 26.0. The van der Waals surface area contributed by atoms with E-state index in [4.69, 9.17) is 85.9 Å². The lowest BCUT2D eigenvalue weighted by atomic mass is 9.84. The Hall–Kier alpha value is -2.27. The van der Waals surface area contributed by atoms with E-state index in [0.29, 0.717) is 69.0 Å². The topological polar surface area (TPSA) is 12.5 Å². The summed E-state index contributed by atoms with van der Waals surface area (Å²) < 4.78 is 6.16.